The molecule has 0 aliphatic carbocycles. The summed E-state index contributed by atoms with van der Waals surface area (Å²) in [6, 6.07) is 29.1. The number of anilines is 1. The van der Waals surface area contributed by atoms with Crippen molar-refractivity contribution in [1.82, 2.24) is 10.2 Å². The molecule has 1 heterocycles. The van der Waals surface area contributed by atoms with Gasteiger partial charge in [-0.3, -0.25) is 13.9 Å². The molecule has 0 radical (unpaired) electrons. The summed E-state index contributed by atoms with van der Waals surface area (Å²) in [5, 5.41) is 2.97. The zero-order valence-corrected chi connectivity index (χ0v) is 26.9. The number of carbonyl (C=O) groups excluding carboxylic acids is 2. The minimum absolute atomic E-state index is 0.0321. The van der Waals surface area contributed by atoms with Gasteiger partial charge in [-0.15, -0.1) is 0 Å². The minimum Gasteiger partial charge on any atom is -0.486 e. The van der Waals surface area contributed by atoms with E-state index in [9.17, 15) is 18.0 Å². The fraction of sp³-hybridized carbons (Fsp3) is 0.278. The maximum atomic E-state index is 14.6. The maximum absolute atomic E-state index is 14.6. The van der Waals surface area contributed by atoms with Gasteiger partial charge in [0, 0.05) is 25.6 Å². The second-order valence-corrected chi connectivity index (χ2v) is 13.0. The van der Waals surface area contributed by atoms with Crippen molar-refractivity contribution in [3.05, 3.63) is 120 Å². The first-order valence-electron chi connectivity index (χ1n) is 15.4. The van der Waals surface area contributed by atoms with Gasteiger partial charge in [-0.25, -0.2) is 8.42 Å². The van der Waals surface area contributed by atoms with Gasteiger partial charge in [0.05, 0.1) is 10.6 Å². The van der Waals surface area contributed by atoms with Crippen molar-refractivity contribution in [3.8, 4) is 11.5 Å². The van der Waals surface area contributed by atoms with E-state index in [1.807, 2.05) is 68.4 Å². The van der Waals surface area contributed by atoms with E-state index < -0.39 is 28.5 Å². The number of fused-ring (bicyclic) bond motifs is 1. The van der Waals surface area contributed by atoms with E-state index in [2.05, 4.69) is 5.32 Å². The predicted octanol–water partition coefficient (Wildman–Crippen LogP) is 5.13. The number of hydrogen-bond acceptors (Lipinski definition) is 6. The normalized spacial score (nSPS) is 13.0. The van der Waals surface area contributed by atoms with Crippen molar-refractivity contribution in [1.29, 1.82) is 0 Å². The van der Waals surface area contributed by atoms with Gasteiger partial charge >= 0.3 is 0 Å². The van der Waals surface area contributed by atoms with Gasteiger partial charge < -0.3 is 19.7 Å². The zero-order valence-electron chi connectivity index (χ0n) is 26.1. The lowest BCUT2D eigenvalue weighted by atomic mass is 10.0. The van der Waals surface area contributed by atoms with Crippen molar-refractivity contribution in [2.75, 3.05) is 30.6 Å². The molecule has 1 aliphatic heterocycles. The predicted molar refractivity (Wildman–Crippen MR) is 177 cm³/mol. The van der Waals surface area contributed by atoms with E-state index in [0.29, 0.717) is 31.3 Å². The van der Waals surface area contributed by atoms with Gasteiger partial charge in [-0.1, -0.05) is 79.7 Å². The molecule has 0 saturated heterocycles. The number of carbonyl (C=O) groups is 2. The first-order chi connectivity index (χ1) is 22.3. The van der Waals surface area contributed by atoms with Crippen LogP contribution in [0.5, 0.6) is 11.5 Å². The number of amides is 2. The van der Waals surface area contributed by atoms with E-state index in [0.717, 1.165) is 27.4 Å². The highest BCUT2D eigenvalue weighted by Gasteiger charge is 2.35. The van der Waals surface area contributed by atoms with Crippen LogP contribution in [0.3, 0.4) is 0 Å². The zero-order chi connectivity index (χ0) is 32.5. The van der Waals surface area contributed by atoms with Crippen LogP contribution in [0.1, 0.15) is 30.0 Å². The number of nitrogens with one attached hydrogen (secondary N) is 1. The molecule has 5 rings (SSSR count). The van der Waals surface area contributed by atoms with Crippen molar-refractivity contribution in [2.24, 2.45) is 0 Å². The molecule has 2 amide bonds. The van der Waals surface area contributed by atoms with Crippen LogP contribution in [0, 0.1) is 6.92 Å². The summed E-state index contributed by atoms with van der Waals surface area (Å²) in [4.78, 5) is 29.9. The Balaban J connectivity index is 1.58. The maximum Gasteiger partial charge on any atom is 0.264 e. The number of sulfonamides is 1. The van der Waals surface area contributed by atoms with Crippen LogP contribution in [0.2, 0.25) is 0 Å². The van der Waals surface area contributed by atoms with Crippen LogP contribution < -0.4 is 19.1 Å². The summed E-state index contributed by atoms with van der Waals surface area (Å²) < 4.78 is 40.9. The Hall–Kier alpha value is -4.83. The first kappa shape index (κ1) is 32.6. The monoisotopic (exact) mass is 641 g/mol. The molecule has 1 N–H and O–H groups in total. The highest BCUT2D eigenvalue weighted by atomic mass is 32.2. The van der Waals surface area contributed by atoms with Crippen molar-refractivity contribution in [2.45, 2.75) is 44.2 Å². The van der Waals surface area contributed by atoms with Crippen LogP contribution in [0.15, 0.2) is 108 Å². The van der Waals surface area contributed by atoms with E-state index in [-0.39, 0.29) is 29.5 Å². The van der Waals surface area contributed by atoms with Crippen LogP contribution in [0.25, 0.3) is 0 Å². The lowest BCUT2D eigenvalue weighted by Gasteiger charge is -2.34. The summed E-state index contributed by atoms with van der Waals surface area (Å²) in [6.07, 6.45) is 0.978. The molecule has 4 aromatic carbocycles. The fourth-order valence-corrected chi connectivity index (χ4v) is 6.75. The molecule has 1 aliphatic rings. The molecule has 10 heteroatoms. The number of rotatable bonds is 13. The van der Waals surface area contributed by atoms with Gasteiger partial charge in [-0.2, -0.15) is 0 Å². The number of hydrogen-bond donors (Lipinski definition) is 1. The Morgan fingerprint density at radius 2 is 1.50 bits per heavy atom. The third kappa shape index (κ3) is 7.69. The molecule has 0 spiro atoms. The topological polar surface area (TPSA) is 105 Å². The number of aryl methyl sites for hydroxylation is 1. The quantitative estimate of drug-likeness (QED) is 0.217. The Morgan fingerprint density at radius 1 is 0.848 bits per heavy atom. The highest BCUT2D eigenvalue weighted by Crippen LogP contribution is 2.36. The molecule has 240 valence electrons. The van der Waals surface area contributed by atoms with Crippen LogP contribution in [-0.2, 0) is 32.6 Å². The second kappa shape index (κ2) is 15.0. The van der Waals surface area contributed by atoms with E-state index in [4.69, 9.17) is 9.47 Å². The van der Waals surface area contributed by atoms with Gasteiger partial charge in [0.1, 0.15) is 25.8 Å². The molecule has 0 bridgehead atoms. The standard InChI is InChI=1S/C36H39N3O6S/c1-3-20-37-36(41)32(23-28-13-6-4-7-14-28)38(25-29-15-11-10-12-27(29)2)35(40)26-39(46(42,43)31-16-8-5-9-17-31)30-18-19-33-34(24-30)45-22-21-44-33/h4-19,24,32H,3,20-23,25-26H2,1-2H3,(H,37,41)/t32-/m0/s1. The summed E-state index contributed by atoms with van der Waals surface area (Å²) in [5.41, 5.74) is 2.93. The third-order valence-corrected chi connectivity index (χ3v) is 9.63. The molecule has 46 heavy (non-hydrogen) atoms. The molecule has 9 nitrogen and oxygen atoms in total. The smallest absolute Gasteiger partial charge is 0.264 e. The van der Waals surface area contributed by atoms with E-state index in [1.54, 1.807) is 36.4 Å². The van der Waals surface area contributed by atoms with Crippen molar-refractivity contribution >= 4 is 27.5 Å². The largest absolute Gasteiger partial charge is 0.486 e. The number of benzene rings is 4. The summed E-state index contributed by atoms with van der Waals surface area (Å²) in [6.45, 7) is 4.62. The molecule has 0 fully saturated rings. The van der Waals surface area contributed by atoms with E-state index >= 15 is 0 Å². The molecule has 4 aromatic rings. The molecule has 0 aromatic heterocycles. The minimum atomic E-state index is -4.22. The lowest BCUT2D eigenvalue weighted by Crippen LogP contribution is -2.53. The van der Waals surface area contributed by atoms with E-state index in [1.165, 1.54) is 17.0 Å². The van der Waals surface area contributed by atoms with Crippen molar-refractivity contribution in [3.63, 3.8) is 0 Å². The summed E-state index contributed by atoms with van der Waals surface area (Å²) in [7, 11) is -4.22. The third-order valence-electron chi connectivity index (χ3n) is 7.85. The van der Waals surface area contributed by atoms with Gasteiger partial charge in [-0.05, 0) is 54.3 Å². The van der Waals surface area contributed by atoms with Crippen molar-refractivity contribution < 1.29 is 27.5 Å². The fourth-order valence-electron chi connectivity index (χ4n) is 5.33. The molecule has 0 unspecified atom stereocenters. The average molecular weight is 642 g/mol. The molecule has 1 atom stereocenters. The Bertz CT molecular complexity index is 1750. The number of nitrogens with zero attached hydrogens (tertiary/aromatic N) is 2. The Kier molecular flexibility index (Phi) is 10.6. The molecular formula is C36H39N3O6S. The second-order valence-electron chi connectivity index (χ2n) is 11.1. The number of ether oxygens (including phenoxy) is 2. The van der Waals surface area contributed by atoms with Crippen LogP contribution >= 0.6 is 0 Å². The first-order valence-corrected chi connectivity index (χ1v) is 16.8. The lowest BCUT2D eigenvalue weighted by molar-refractivity contribution is -0.140. The summed E-state index contributed by atoms with van der Waals surface area (Å²) >= 11 is 0. The van der Waals surface area contributed by atoms with Crippen LogP contribution in [-0.4, -0.2) is 57.5 Å². The highest BCUT2D eigenvalue weighted by molar-refractivity contribution is 7.92. The average Bonchev–Trinajstić information content (AvgIpc) is 3.08. The summed E-state index contributed by atoms with van der Waals surface area (Å²) in [5.74, 6) is 0.0619. The van der Waals surface area contributed by atoms with Crippen LogP contribution in [0.4, 0.5) is 5.69 Å². The Labute approximate surface area is 270 Å². The Morgan fingerprint density at radius 3 is 2.20 bits per heavy atom. The van der Waals surface area contributed by atoms with Gasteiger partial charge in [0.15, 0.2) is 11.5 Å². The van der Waals surface area contributed by atoms with Gasteiger partial charge in [0.2, 0.25) is 11.8 Å². The van der Waals surface area contributed by atoms with Gasteiger partial charge in [0.25, 0.3) is 10.0 Å². The molecule has 0 saturated carbocycles. The molecular weight excluding hydrogens is 602 g/mol. The SMILES string of the molecule is CCCNC(=O)[C@H](Cc1ccccc1)N(Cc1ccccc1C)C(=O)CN(c1ccc2c(c1)OCCO2)S(=O)(=O)c1ccccc1.